The Morgan fingerprint density at radius 3 is 1.50 bits per heavy atom. The van der Waals surface area contributed by atoms with E-state index in [1.807, 2.05) is 12.1 Å². The number of benzene rings is 2. The van der Waals surface area contributed by atoms with Gasteiger partial charge in [0.15, 0.2) is 0 Å². The molecule has 2 aromatic rings. The minimum atomic E-state index is 0.141. The lowest BCUT2D eigenvalue weighted by molar-refractivity contribution is 0.0654. The van der Waals surface area contributed by atoms with Crippen LogP contribution in [0.4, 0.5) is 0 Å². The largest absolute Gasteiger partial charge is 0.372 e. The zero-order chi connectivity index (χ0) is 16.2. The van der Waals surface area contributed by atoms with E-state index >= 15 is 0 Å². The summed E-state index contributed by atoms with van der Waals surface area (Å²) in [5.41, 5.74) is 2.58. The second-order valence-corrected chi connectivity index (χ2v) is 6.54. The molecule has 0 aliphatic carbocycles. The third-order valence-electron chi connectivity index (χ3n) is 4.88. The number of nitrogens with one attached hydrogen (secondary N) is 2. The van der Waals surface area contributed by atoms with Crippen LogP contribution < -0.4 is 10.6 Å². The maximum Gasteiger partial charge on any atom is 0.103 e. The molecule has 0 radical (unpaired) electrons. The minimum Gasteiger partial charge on any atom is -0.372 e. The number of hydrogen-bond acceptors (Lipinski definition) is 4. The molecule has 4 heteroatoms. The van der Waals surface area contributed by atoms with E-state index in [0.29, 0.717) is 13.2 Å². The van der Waals surface area contributed by atoms with Gasteiger partial charge in [-0.05, 0) is 11.1 Å². The van der Waals surface area contributed by atoms with Gasteiger partial charge in [-0.3, -0.25) is 0 Å². The van der Waals surface area contributed by atoms with Gasteiger partial charge in [-0.25, -0.2) is 0 Å². The molecule has 4 rings (SSSR count). The van der Waals surface area contributed by atoms with E-state index in [-0.39, 0.29) is 24.3 Å². The van der Waals surface area contributed by atoms with Crippen LogP contribution in [-0.2, 0) is 22.6 Å². The molecule has 0 spiro atoms. The summed E-state index contributed by atoms with van der Waals surface area (Å²) < 4.78 is 12.1. The lowest BCUT2D eigenvalue weighted by Crippen LogP contribution is -2.43. The molecule has 4 atom stereocenters. The fraction of sp³-hybridized carbons (Fsp3) is 0.400. The molecule has 1 unspecified atom stereocenters. The molecule has 24 heavy (non-hydrogen) atoms. The van der Waals surface area contributed by atoms with E-state index in [4.69, 9.17) is 9.47 Å². The SMILES string of the molecule is c1ccc(CNC2CO[C@@H]3[C@@H](NCc4ccccc4)CO[C@H]23)cc1. The van der Waals surface area contributed by atoms with Crippen molar-refractivity contribution in [3.05, 3.63) is 71.8 Å². The Morgan fingerprint density at radius 2 is 1.08 bits per heavy atom. The lowest BCUT2D eigenvalue weighted by Gasteiger charge is -2.18. The summed E-state index contributed by atoms with van der Waals surface area (Å²) in [6.45, 7) is 3.13. The fourth-order valence-corrected chi connectivity index (χ4v) is 3.54. The topological polar surface area (TPSA) is 42.5 Å². The Bertz CT molecular complexity index is 577. The van der Waals surface area contributed by atoms with Gasteiger partial charge in [0.25, 0.3) is 0 Å². The smallest absolute Gasteiger partial charge is 0.103 e. The van der Waals surface area contributed by atoms with Gasteiger partial charge < -0.3 is 20.1 Å². The Balaban J connectivity index is 1.29. The van der Waals surface area contributed by atoms with Crippen LogP contribution in [0.25, 0.3) is 0 Å². The van der Waals surface area contributed by atoms with Crippen LogP contribution in [-0.4, -0.2) is 37.5 Å². The van der Waals surface area contributed by atoms with Crippen molar-refractivity contribution in [1.82, 2.24) is 10.6 Å². The summed E-state index contributed by atoms with van der Waals surface area (Å²) in [5, 5.41) is 7.17. The summed E-state index contributed by atoms with van der Waals surface area (Å²) in [6.07, 6.45) is 0.281. The number of hydrogen-bond donors (Lipinski definition) is 2. The van der Waals surface area contributed by atoms with Gasteiger partial charge in [0.1, 0.15) is 12.2 Å². The van der Waals surface area contributed by atoms with Crippen LogP contribution in [0.15, 0.2) is 60.7 Å². The van der Waals surface area contributed by atoms with Crippen molar-refractivity contribution in [1.29, 1.82) is 0 Å². The quantitative estimate of drug-likeness (QED) is 0.854. The van der Waals surface area contributed by atoms with Crippen LogP contribution in [0.5, 0.6) is 0 Å². The first-order valence-corrected chi connectivity index (χ1v) is 8.68. The third kappa shape index (κ3) is 3.52. The van der Waals surface area contributed by atoms with Gasteiger partial charge in [0.2, 0.25) is 0 Å². The molecule has 2 N–H and O–H groups in total. The van der Waals surface area contributed by atoms with Crippen molar-refractivity contribution < 1.29 is 9.47 Å². The molecule has 2 aromatic carbocycles. The molecule has 0 bridgehead atoms. The molecule has 0 amide bonds. The summed E-state index contributed by atoms with van der Waals surface area (Å²) in [6, 6.07) is 21.4. The lowest BCUT2D eigenvalue weighted by atomic mass is 10.1. The maximum atomic E-state index is 6.03. The van der Waals surface area contributed by atoms with Crippen molar-refractivity contribution in [2.24, 2.45) is 0 Å². The third-order valence-corrected chi connectivity index (χ3v) is 4.88. The average molecular weight is 324 g/mol. The van der Waals surface area contributed by atoms with Gasteiger partial charge >= 0.3 is 0 Å². The molecule has 4 nitrogen and oxygen atoms in total. The highest BCUT2D eigenvalue weighted by Crippen LogP contribution is 2.27. The molecule has 2 aliphatic heterocycles. The fourth-order valence-electron chi connectivity index (χ4n) is 3.54. The van der Waals surface area contributed by atoms with Crippen LogP contribution in [0.2, 0.25) is 0 Å². The standard InChI is InChI=1S/C20H24N2O2/c1-3-7-15(8-4-1)11-21-17-13-23-20-18(14-24-19(17)20)22-12-16-9-5-2-6-10-16/h1-10,17-22H,11-14H2/t17-,18?,19+,20+/m0/s1. The van der Waals surface area contributed by atoms with E-state index in [2.05, 4.69) is 59.2 Å². The van der Waals surface area contributed by atoms with Gasteiger partial charge in [0, 0.05) is 13.1 Å². The highest BCUT2D eigenvalue weighted by Gasteiger charge is 2.47. The molecule has 0 aromatic heterocycles. The first-order valence-electron chi connectivity index (χ1n) is 8.68. The number of rotatable bonds is 6. The Labute approximate surface area is 143 Å². The second kappa shape index (κ2) is 7.45. The highest BCUT2D eigenvalue weighted by molar-refractivity contribution is 5.16. The molecular weight excluding hydrogens is 300 g/mol. The Hall–Kier alpha value is -1.72. The zero-order valence-corrected chi connectivity index (χ0v) is 13.7. The summed E-state index contributed by atoms with van der Waals surface area (Å²) in [4.78, 5) is 0. The monoisotopic (exact) mass is 324 g/mol. The van der Waals surface area contributed by atoms with E-state index in [0.717, 1.165) is 13.1 Å². The van der Waals surface area contributed by atoms with Gasteiger partial charge in [-0.1, -0.05) is 60.7 Å². The Kier molecular flexibility index (Phi) is 4.90. The first kappa shape index (κ1) is 15.8. The summed E-state index contributed by atoms with van der Waals surface area (Å²) in [5.74, 6) is 0. The van der Waals surface area contributed by atoms with Crippen LogP contribution in [0, 0.1) is 0 Å². The van der Waals surface area contributed by atoms with Gasteiger partial charge in [-0.2, -0.15) is 0 Å². The van der Waals surface area contributed by atoms with E-state index in [1.54, 1.807) is 0 Å². The van der Waals surface area contributed by atoms with Crippen LogP contribution >= 0.6 is 0 Å². The van der Waals surface area contributed by atoms with Crippen molar-refractivity contribution in [3.63, 3.8) is 0 Å². The molecule has 2 saturated heterocycles. The van der Waals surface area contributed by atoms with Crippen molar-refractivity contribution in [3.8, 4) is 0 Å². The van der Waals surface area contributed by atoms with Crippen LogP contribution in [0.1, 0.15) is 11.1 Å². The molecular formula is C20H24N2O2. The predicted octanol–water partition coefficient (Wildman–Crippen LogP) is 2.10. The van der Waals surface area contributed by atoms with E-state index < -0.39 is 0 Å². The predicted molar refractivity (Wildman–Crippen MR) is 93.6 cm³/mol. The molecule has 126 valence electrons. The second-order valence-electron chi connectivity index (χ2n) is 6.54. The molecule has 2 fully saturated rings. The van der Waals surface area contributed by atoms with E-state index in [1.165, 1.54) is 11.1 Å². The minimum absolute atomic E-state index is 0.141. The average Bonchev–Trinajstić information content (AvgIpc) is 3.22. The summed E-state index contributed by atoms with van der Waals surface area (Å²) >= 11 is 0. The van der Waals surface area contributed by atoms with Gasteiger partial charge in [0.05, 0.1) is 25.3 Å². The number of ether oxygens (including phenoxy) is 2. The van der Waals surface area contributed by atoms with E-state index in [9.17, 15) is 0 Å². The van der Waals surface area contributed by atoms with Gasteiger partial charge in [-0.15, -0.1) is 0 Å². The molecule has 2 heterocycles. The molecule has 2 aliphatic rings. The Morgan fingerprint density at radius 1 is 0.667 bits per heavy atom. The van der Waals surface area contributed by atoms with Crippen molar-refractivity contribution in [2.45, 2.75) is 37.4 Å². The maximum absolute atomic E-state index is 6.03. The van der Waals surface area contributed by atoms with Crippen molar-refractivity contribution >= 4 is 0 Å². The highest BCUT2D eigenvalue weighted by atomic mass is 16.6. The zero-order valence-electron chi connectivity index (χ0n) is 13.7. The number of fused-ring (bicyclic) bond motifs is 1. The molecule has 0 saturated carbocycles. The van der Waals surface area contributed by atoms with Crippen LogP contribution in [0.3, 0.4) is 0 Å². The summed E-state index contributed by atoms with van der Waals surface area (Å²) in [7, 11) is 0. The first-order chi connectivity index (χ1) is 11.9. The van der Waals surface area contributed by atoms with Crippen molar-refractivity contribution in [2.75, 3.05) is 13.2 Å². The normalized spacial score (nSPS) is 28.8.